The minimum atomic E-state index is -2.97. The Balaban J connectivity index is 2.99. The zero-order valence-electron chi connectivity index (χ0n) is 8.65. The predicted molar refractivity (Wildman–Crippen MR) is 55.1 cm³/mol. The molecule has 0 aromatic heterocycles. The first-order valence-corrected chi connectivity index (χ1v) is 4.70. The van der Waals surface area contributed by atoms with Gasteiger partial charge in [-0.15, -0.1) is 0 Å². The fourth-order valence-corrected chi connectivity index (χ4v) is 1.37. The van der Waals surface area contributed by atoms with Gasteiger partial charge in [0.25, 0.3) is 5.91 Å². The number of hydrogen-bond acceptors (Lipinski definition) is 1. The lowest BCUT2D eigenvalue weighted by Crippen LogP contribution is -2.40. The number of nitrogens with zero attached hydrogens (tertiary/aromatic N) is 1. The van der Waals surface area contributed by atoms with E-state index in [4.69, 9.17) is 0 Å². The summed E-state index contributed by atoms with van der Waals surface area (Å²) in [5.74, 6) is -1.16. The standard InChI is InChI=1S/C11H13F2NO/c1-8(2)14(11(15)10(12)13)9-6-4-3-5-7-9/h3-8,10H,1-2H3. The molecule has 0 aliphatic carbocycles. The third-order valence-corrected chi connectivity index (χ3v) is 1.97. The van der Waals surface area contributed by atoms with Crippen molar-refractivity contribution in [3.05, 3.63) is 30.3 Å². The molecular weight excluding hydrogens is 200 g/mol. The van der Waals surface area contributed by atoms with E-state index in [1.165, 1.54) is 0 Å². The van der Waals surface area contributed by atoms with Gasteiger partial charge in [-0.25, -0.2) is 0 Å². The zero-order chi connectivity index (χ0) is 11.4. The summed E-state index contributed by atoms with van der Waals surface area (Å²) >= 11 is 0. The van der Waals surface area contributed by atoms with E-state index in [1.807, 2.05) is 0 Å². The van der Waals surface area contributed by atoms with Crippen LogP contribution in [0.3, 0.4) is 0 Å². The zero-order valence-corrected chi connectivity index (χ0v) is 8.65. The van der Waals surface area contributed by atoms with Gasteiger partial charge in [0.1, 0.15) is 0 Å². The molecule has 0 saturated carbocycles. The van der Waals surface area contributed by atoms with Crippen LogP contribution in [0.1, 0.15) is 13.8 Å². The quantitative estimate of drug-likeness (QED) is 0.756. The lowest BCUT2D eigenvalue weighted by Gasteiger charge is -2.26. The van der Waals surface area contributed by atoms with Crippen molar-refractivity contribution in [2.75, 3.05) is 4.90 Å². The topological polar surface area (TPSA) is 20.3 Å². The lowest BCUT2D eigenvalue weighted by atomic mass is 10.2. The molecule has 0 unspecified atom stereocenters. The third kappa shape index (κ3) is 2.75. The van der Waals surface area contributed by atoms with E-state index in [1.54, 1.807) is 44.2 Å². The molecule has 1 amide bonds. The van der Waals surface area contributed by atoms with Crippen LogP contribution in [-0.4, -0.2) is 18.4 Å². The second-order valence-electron chi connectivity index (χ2n) is 3.44. The van der Waals surface area contributed by atoms with Gasteiger partial charge in [0, 0.05) is 11.7 Å². The van der Waals surface area contributed by atoms with Crippen LogP contribution in [0.2, 0.25) is 0 Å². The Hall–Kier alpha value is -1.45. The first kappa shape index (κ1) is 11.6. The van der Waals surface area contributed by atoms with Gasteiger partial charge < -0.3 is 4.90 Å². The van der Waals surface area contributed by atoms with Gasteiger partial charge >= 0.3 is 6.43 Å². The Labute approximate surface area is 87.5 Å². The number of alkyl halides is 2. The molecule has 0 N–H and O–H groups in total. The minimum absolute atomic E-state index is 0.283. The number of benzene rings is 1. The molecule has 0 atom stereocenters. The van der Waals surface area contributed by atoms with Crippen LogP contribution in [0.15, 0.2) is 30.3 Å². The molecule has 0 saturated heterocycles. The average Bonchev–Trinajstić information content (AvgIpc) is 2.18. The summed E-state index contributed by atoms with van der Waals surface area (Å²) in [4.78, 5) is 12.4. The number of para-hydroxylation sites is 1. The SMILES string of the molecule is CC(C)N(C(=O)C(F)F)c1ccccc1. The monoisotopic (exact) mass is 213 g/mol. The third-order valence-electron chi connectivity index (χ3n) is 1.97. The maximum atomic E-state index is 12.3. The summed E-state index contributed by atoms with van der Waals surface area (Å²) in [6.07, 6.45) is -2.97. The second kappa shape index (κ2) is 4.87. The number of hydrogen-bond donors (Lipinski definition) is 0. The second-order valence-corrected chi connectivity index (χ2v) is 3.44. The van der Waals surface area contributed by atoms with Gasteiger partial charge in [-0.1, -0.05) is 18.2 Å². The van der Waals surface area contributed by atoms with Crippen LogP contribution in [0, 0.1) is 0 Å². The van der Waals surface area contributed by atoms with Gasteiger partial charge in [-0.2, -0.15) is 8.78 Å². The van der Waals surface area contributed by atoms with Gasteiger partial charge in [0.15, 0.2) is 0 Å². The van der Waals surface area contributed by atoms with E-state index in [2.05, 4.69) is 0 Å². The van der Waals surface area contributed by atoms with Crippen molar-refractivity contribution in [3.8, 4) is 0 Å². The Morgan fingerprint density at radius 1 is 1.20 bits per heavy atom. The van der Waals surface area contributed by atoms with Crippen molar-refractivity contribution in [3.63, 3.8) is 0 Å². The van der Waals surface area contributed by atoms with E-state index < -0.39 is 12.3 Å². The molecule has 1 aromatic carbocycles. The molecule has 4 heteroatoms. The number of carbonyl (C=O) groups is 1. The van der Waals surface area contributed by atoms with E-state index in [0.29, 0.717) is 5.69 Å². The van der Waals surface area contributed by atoms with Crippen LogP contribution in [0.25, 0.3) is 0 Å². The van der Waals surface area contributed by atoms with Crippen LogP contribution < -0.4 is 4.90 Å². The summed E-state index contributed by atoms with van der Waals surface area (Å²) in [7, 11) is 0. The smallest absolute Gasteiger partial charge is 0.305 e. The number of carbonyl (C=O) groups excluding carboxylic acids is 1. The summed E-state index contributed by atoms with van der Waals surface area (Å²) < 4.78 is 24.7. The fraction of sp³-hybridized carbons (Fsp3) is 0.364. The highest BCUT2D eigenvalue weighted by molar-refractivity contribution is 5.95. The molecule has 0 heterocycles. The molecule has 1 rings (SSSR count). The minimum Gasteiger partial charge on any atom is -0.305 e. The number of anilines is 1. The van der Waals surface area contributed by atoms with Crippen molar-refractivity contribution in [1.82, 2.24) is 0 Å². The largest absolute Gasteiger partial charge is 0.316 e. The van der Waals surface area contributed by atoms with E-state index in [0.717, 1.165) is 4.90 Å². The summed E-state index contributed by atoms with van der Waals surface area (Å²) in [6, 6.07) is 8.19. The van der Waals surface area contributed by atoms with Crippen molar-refractivity contribution >= 4 is 11.6 Å². The molecule has 82 valence electrons. The molecule has 0 aliphatic heterocycles. The highest BCUT2D eigenvalue weighted by atomic mass is 19.3. The van der Waals surface area contributed by atoms with Crippen molar-refractivity contribution < 1.29 is 13.6 Å². The van der Waals surface area contributed by atoms with Gasteiger partial charge in [-0.05, 0) is 26.0 Å². The van der Waals surface area contributed by atoms with Gasteiger partial charge in [0.2, 0.25) is 0 Å². The van der Waals surface area contributed by atoms with Crippen LogP contribution in [-0.2, 0) is 4.79 Å². The summed E-state index contributed by atoms with van der Waals surface area (Å²) in [5, 5.41) is 0. The fourth-order valence-electron chi connectivity index (χ4n) is 1.37. The maximum absolute atomic E-state index is 12.3. The summed E-state index contributed by atoms with van der Waals surface area (Å²) in [6.45, 7) is 3.40. The number of rotatable bonds is 3. The maximum Gasteiger partial charge on any atom is 0.316 e. The van der Waals surface area contributed by atoms with E-state index in [-0.39, 0.29) is 6.04 Å². The number of amides is 1. The number of halogens is 2. The lowest BCUT2D eigenvalue weighted by molar-refractivity contribution is -0.129. The first-order valence-electron chi connectivity index (χ1n) is 4.70. The molecular formula is C11H13F2NO. The summed E-state index contributed by atoms with van der Waals surface area (Å²) in [5.41, 5.74) is 0.498. The van der Waals surface area contributed by atoms with Crippen LogP contribution in [0.5, 0.6) is 0 Å². The Kier molecular flexibility index (Phi) is 3.77. The molecule has 0 bridgehead atoms. The highest BCUT2D eigenvalue weighted by Gasteiger charge is 2.26. The van der Waals surface area contributed by atoms with Crippen LogP contribution >= 0.6 is 0 Å². The Bertz CT molecular complexity index is 325. The van der Waals surface area contributed by atoms with Crippen molar-refractivity contribution in [1.29, 1.82) is 0 Å². The average molecular weight is 213 g/mol. The molecule has 1 aromatic rings. The van der Waals surface area contributed by atoms with Gasteiger partial charge in [0.05, 0.1) is 0 Å². The molecule has 0 radical (unpaired) electrons. The molecule has 0 fully saturated rings. The normalized spacial score (nSPS) is 10.8. The van der Waals surface area contributed by atoms with Gasteiger partial charge in [-0.3, -0.25) is 4.79 Å². The molecule has 15 heavy (non-hydrogen) atoms. The van der Waals surface area contributed by atoms with Crippen molar-refractivity contribution in [2.45, 2.75) is 26.3 Å². The Morgan fingerprint density at radius 3 is 2.13 bits per heavy atom. The van der Waals surface area contributed by atoms with E-state index >= 15 is 0 Å². The van der Waals surface area contributed by atoms with Crippen molar-refractivity contribution in [2.24, 2.45) is 0 Å². The van der Waals surface area contributed by atoms with E-state index in [9.17, 15) is 13.6 Å². The Morgan fingerprint density at radius 2 is 1.73 bits per heavy atom. The molecule has 0 spiro atoms. The molecule has 0 aliphatic rings. The van der Waals surface area contributed by atoms with Crippen LogP contribution in [0.4, 0.5) is 14.5 Å². The molecule has 2 nitrogen and oxygen atoms in total. The predicted octanol–water partition coefficient (Wildman–Crippen LogP) is 2.69. The first-order chi connectivity index (χ1) is 7.04. The highest BCUT2D eigenvalue weighted by Crippen LogP contribution is 2.18.